The molecule has 0 heterocycles. The standard InChI is InChI=1S/C13H18F2N2O2/c1-9-3-4-11(19-2)10(7-9)13(18)17(6-5-16)8-12(14)15/h3-4,7,12H,5-6,8,16H2,1-2H3. The van der Waals surface area contributed by atoms with Crippen LogP contribution in [0.2, 0.25) is 0 Å². The Morgan fingerprint density at radius 2 is 2.16 bits per heavy atom. The molecule has 0 saturated carbocycles. The van der Waals surface area contributed by atoms with Gasteiger partial charge in [0.15, 0.2) is 0 Å². The highest BCUT2D eigenvalue weighted by Crippen LogP contribution is 2.21. The summed E-state index contributed by atoms with van der Waals surface area (Å²) < 4.78 is 30.0. The third-order valence-corrected chi connectivity index (χ3v) is 2.63. The van der Waals surface area contributed by atoms with Crippen molar-refractivity contribution in [3.8, 4) is 5.75 Å². The van der Waals surface area contributed by atoms with Crippen LogP contribution in [0.25, 0.3) is 0 Å². The molecule has 6 heteroatoms. The average molecular weight is 272 g/mol. The van der Waals surface area contributed by atoms with Crippen LogP contribution in [0.1, 0.15) is 15.9 Å². The molecule has 1 aromatic rings. The van der Waals surface area contributed by atoms with Crippen molar-refractivity contribution in [2.45, 2.75) is 13.3 Å². The molecule has 4 nitrogen and oxygen atoms in total. The largest absolute Gasteiger partial charge is 0.496 e. The van der Waals surface area contributed by atoms with Crippen molar-refractivity contribution >= 4 is 5.91 Å². The lowest BCUT2D eigenvalue weighted by atomic mass is 10.1. The van der Waals surface area contributed by atoms with Crippen molar-refractivity contribution in [1.29, 1.82) is 0 Å². The van der Waals surface area contributed by atoms with Crippen LogP contribution in [-0.2, 0) is 0 Å². The fourth-order valence-corrected chi connectivity index (χ4v) is 1.76. The number of nitrogens with zero attached hydrogens (tertiary/aromatic N) is 1. The summed E-state index contributed by atoms with van der Waals surface area (Å²) in [4.78, 5) is 13.3. The highest BCUT2D eigenvalue weighted by atomic mass is 19.3. The molecule has 0 atom stereocenters. The zero-order chi connectivity index (χ0) is 14.4. The van der Waals surface area contributed by atoms with E-state index in [-0.39, 0.29) is 18.7 Å². The minimum absolute atomic E-state index is 0.0836. The molecule has 0 aromatic heterocycles. The van der Waals surface area contributed by atoms with E-state index in [0.29, 0.717) is 5.75 Å². The van der Waals surface area contributed by atoms with E-state index in [1.54, 1.807) is 18.2 Å². The van der Waals surface area contributed by atoms with E-state index in [9.17, 15) is 13.6 Å². The molecule has 106 valence electrons. The Morgan fingerprint density at radius 3 is 2.68 bits per heavy atom. The Kier molecular flexibility index (Phi) is 5.69. The summed E-state index contributed by atoms with van der Waals surface area (Å²) in [6.45, 7) is 1.40. The van der Waals surface area contributed by atoms with Crippen molar-refractivity contribution < 1.29 is 18.3 Å². The summed E-state index contributed by atoms with van der Waals surface area (Å²) in [6.07, 6.45) is -2.59. The number of carbonyl (C=O) groups excluding carboxylic acids is 1. The minimum Gasteiger partial charge on any atom is -0.496 e. The molecule has 2 N–H and O–H groups in total. The van der Waals surface area contributed by atoms with Gasteiger partial charge >= 0.3 is 0 Å². The highest BCUT2D eigenvalue weighted by molar-refractivity contribution is 5.97. The number of ether oxygens (including phenoxy) is 1. The molecule has 0 bridgehead atoms. The van der Waals surface area contributed by atoms with Crippen LogP contribution in [0.4, 0.5) is 8.78 Å². The first-order chi connectivity index (χ1) is 8.99. The van der Waals surface area contributed by atoms with Crippen molar-refractivity contribution in [2.75, 3.05) is 26.7 Å². The first-order valence-electron chi connectivity index (χ1n) is 5.91. The summed E-state index contributed by atoms with van der Waals surface area (Å²) in [5, 5.41) is 0. The number of aryl methyl sites for hydroxylation is 1. The fraction of sp³-hybridized carbons (Fsp3) is 0.462. The molecule has 0 unspecified atom stereocenters. The number of nitrogens with two attached hydrogens (primary N) is 1. The molecule has 1 amide bonds. The van der Waals surface area contributed by atoms with E-state index in [1.165, 1.54) is 7.11 Å². The first-order valence-corrected chi connectivity index (χ1v) is 5.91. The van der Waals surface area contributed by atoms with Crippen LogP contribution in [0, 0.1) is 6.92 Å². The number of rotatable bonds is 6. The maximum absolute atomic E-state index is 12.5. The van der Waals surface area contributed by atoms with Crippen LogP contribution < -0.4 is 10.5 Å². The maximum Gasteiger partial charge on any atom is 0.257 e. The van der Waals surface area contributed by atoms with Gasteiger partial charge in [0.25, 0.3) is 12.3 Å². The number of carbonyl (C=O) groups is 1. The molecule has 19 heavy (non-hydrogen) atoms. The van der Waals surface area contributed by atoms with E-state index >= 15 is 0 Å². The number of methoxy groups -OCH3 is 1. The zero-order valence-corrected chi connectivity index (χ0v) is 11.0. The van der Waals surface area contributed by atoms with Crippen LogP contribution in [-0.4, -0.2) is 44.0 Å². The molecular formula is C13H18F2N2O2. The third-order valence-electron chi connectivity index (χ3n) is 2.63. The van der Waals surface area contributed by atoms with Crippen molar-refractivity contribution in [3.63, 3.8) is 0 Å². The molecule has 1 rings (SSSR count). The Labute approximate surface area is 111 Å². The van der Waals surface area contributed by atoms with Gasteiger partial charge in [0, 0.05) is 13.1 Å². The number of benzene rings is 1. The van der Waals surface area contributed by atoms with Crippen molar-refractivity contribution in [2.24, 2.45) is 5.73 Å². The number of amides is 1. The van der Waals surface area contributed by atoms with E-state index in [2.05, 4.69) is 0 Å². The molecule has 0 spiro atoms. The lowest BCUT2D eigenvalue weighted by Gasteiger charge is -2.22. The van der Waals surface area contributed by atoms with Gasteiger partial charge in [0.2, 0.25) is 0 Å². The Morgan fingerprint density at radius 1 is 1.47 bits per heavy atom. The van der Waals surface area contributed by atoms with Crippen molar-refractivity contribution in [3.05, 3.63) is 29.3 Å². The number of hydrogen-bond acceptors (Lipinski definition) is 3. The molecule has 0 radical (unpaired) electrons. The molecule has 1 aromatic carbocycles. The van der Waals surface area contributed by atoms with Gasteiger partial charge in [0.05, 0.1) is 19.2 Å². The Bertz CT molecular complexity index is 439. The van der Waals surface area contributed by atoms with Crippen molar-refractivity contribution in [1.82, 2.24) is 4.90 Å². The zero-order valence-electron chi connectivity index (χ0n) is 11.0. The molecular weight excluding hydrogens is 254 g/mol. The minimum atomic E-state index is -2.59. The van der Waals surface area contributed by atoms with Gasteiger partial charge in [-0.3, -0.25) is 4.79 Å². The van der Waals surface area contributed by atoms with Crippen LogP contribution >= 0.6 is 0 Å². The van der Waals surface area contributed by atoms with E-state index < -0.39 is 18.9 Å². The number of halogens is 2. The lowest BCUT2D eigenvalue weighted by Crippen LogP contribution is -2.38. The normalized spacial score (nSPS) is 10.6. The predicted octanol–water partition coefficient (Wildman–Crippen LogP) is 1.67. The summed E-state index contributed by atoms with van der Waals surface area (Å²) >= 11 is 0. The topological polar surface area (TPSA) is 55.6 Å². The van der Waals surface area contributed by atoms with Gasteiger partial charge in [-0.2, -0.15) is 0 Å². The van der Waals surface area contributed by atoms with Crippen LogP contribution in [0.3, 0.4) is 0 Å². The van der Waals surface area contributed by atoms with Crippen LogP contribution in [0.15, 0.2) is 18.2 Å². The molecule has 0 fully saturated rings. The first kappa shape index (κ1) is 15.4. The van der Waals surface area contributed by atoms with E-state index in [1.807, 2.05) is 6.92 Å². The molecule has 0 aliphatic heterocycles. The Hall–Kier alpha value is -1.69. The second-order valence-corrected chi connectivity index (χ2v) is 4.13. The van der Waals surface area contributed by atoms with Gasteiger partial charge in [-0.05, 0) is 19.1 Å². The van der Waals surface area contributed by atoms with Gasteiger partial charge < -0.3 is 15.4 Å². The number of hydrogen-bond donors (Lipinski definition) is 1. The fourth-order valence-electron chi connectivity index (χ4n) is 1.76. The second kappa shape index (κ2) is 7.04. The second-order valence-electron chi connectivity index (χ2n) is 4.13. The van der Waals surface area contributed by atoms with Gasteiger partial charge in [-0.1, -0.05) is 11.6 Å². The van der Waals surface area contributed by atoms with E-state index in [4.69, 9.17) is 10.5 Å². The maximum atomic E-state index is 12.5. The van der Waals surface area contributed by atoms with Gasteiger partial charge in [-0.15, -0.1) is 0 Å². The van der Waals surface area contributed by atoms with Gasteiger partial charge in [0.1, 0.15) is 5.75 Å². The smallest absolute Gasteiger partial charge is 0.257 e. The summed E-state index contributed by atoms with van der Waals surface area (Å²) in [5.74, 6) is -0.127. The molecule has 0 aliphatic carbocycles. The van der Waals surface area contributed by atoms with Crippen LogP contribution in [0.5, 0.6) is 5.75 Å². The molecule has 0 aliphatic rings. The average Bonchev–Trinajstić information content (AvgIpc) is 2.37. The van der Waals surface area contributed by atoms with E-state index in [0.717, 1.165) is 10.5 Å². The summed E-state index contributed by atoms with van der Waals surface area (Å²) in [6, 6.07) is 5.05. The predicted molar refractivity (Wildman–Crippen MR) is 68.7 cm³/mol. The summed E-state index contributed by atoms with van der Waals surface area (Å²) in [5.41, 5.74) is 6.48. The quantitative estimate of drug-likeness (QED) is 0.857. The summed E-state index contributed by atoms with van der Waals surface area (Å²) in [7, 11) is 1.43. The monoisotopic (exact) mass is 272 g/mol. The SMILES string of the molecule is COc1ccc(C)cc1C(=O)N(CCN)CC(F)F. The van der Waals surface area contributed by atoms with Gasteiger partial charge in [-0.25, -0.2) is 8.78 Å². The molecule has 0 saturated heterocycles. The number of alkyl halides is 2. The lowest BCUT2D eigenvalue weighted by molar-refractivity contribution is 0.0560. The Balaban J connectivity index is 3.04. The third kappa shape index (κ3) is 4.17. The highest BCUT2D eigenvalue weighted by Gasteiger charge is 2.22.